The van der Waals surface area contributed by atoms with E-state index in [1.807, 2.05) is 12.3 Å². The highest BCUT2D eigenvalue weighted by atomic mass is 19.1. The predicted molar refractivity (Wildman–Crippen MR) is 120 cm³/mol. The van der Waals surface area contributed by atoms with Gasteiger partial charge in [0.05, 0.1) is 6.54 Å². The maximum Gasteiger partial charge on any atom is 0.228 e. The van der Waals surface area contributed by atoms with Crippen molar-refractivity contribution in [1.82, 2.24) is 14.8 Å². The van der Waals surface area contributed by atoms with E-state index in [1.165, 1.54) is 18.2 Å². The predicted octanol–water partition coefficient (Wildman–Crippen LogP) is 5.53. The lowest BCUT2D eigenvalue weighted by Crippen LogP contribution is -2.18. The van der Waals surface area contributed by atoms with Crippen LogP contribution in [0.25, 0.3) is 22.4 Å². The zero-order valence-electron chi connectivity index (χ0n) is 17.7. The quantitative estimate of drug-likeness (QED) is 0.436. The third kappa shape index (κ3) is 4.72. The molecule has 0 saturated carbocycles. The standard InChI is InChI=1S/C25H22F2N4O/c1-16(2)25(32)29-23-13-18(11-12-28-23)21-15-31(14-19-5-3-4-6-22(19)27)30-24(21)17-7-9-20(26)10-8-17/h3-13,15-16H,14H2,1-2H3,(H,28,29,32). The van der Waals surface area contributed by atoms with Crippen LogP contribution in [-0.2, 0) is 11.3 Å². The Labute approximate surface area is 184 Å². The average molecular weight is 432 g/mol. The molecule has 2 aromatic heterocycles. The first-order chi connectivity index (χ1) is 15.4. The van der Waals surface area contributed by atoms with Crippen molar-refractivity contribution in [3.63, 3.8) is 0 Å². The summed E-state index contributed by atoms with van der Waals surface area (Å²) in [5.74, 6) is -0.547. The van der Waals surface area contributed by atoms with Gasteiger partial charge in [0.2, 0.25) is 5.91 Å². The van der Waals surface area contributed by atoms with Crippen molar-refractivity contribution in [3.8, 4) is 22.4 Å². The van der Waals surface area contributed by atoms with Gasteiger partial charge in [0.25, 0.3) is 0 Å². The van der Waals surface area contributed by atoms with Gasteiger partial charge in [-0.2, -0.15) is 5.10 Å². The average Bonchev–Trinajstić information content (AvgIpc) is 3.20. The summed E-state index contributed by atoms with van der Waals surface area (Å²) in [5.41, 5.74) is 3.38. The van der Waals surface area contributed by atoms with E-state index in [-0.39, 0.29) is 30.0 Å². The van der Waals surface area contributed by atoms with E-state index in [0.717, 1.165) is 16.7 Å². The molecule has 0 aliphatic carbocycles. The molecule has 5 nitrogen and oxygen atoms in total. The number of benzene rings is 2. The van der Waals surface area contributed by atoms with Gasteiger partial charge >= 0.3 is 0 Å². The zero-order chi connectivity index (χ0) is 22.7. The summed E-state index contributed by atoms with van der Waals surface area (Å²) in [6, 6.07) is 16.1. The highest BCUT2D eigenvalue weighted by Gasteiger charge is 2.16. The fraction of sp³-hybridized carbons (Fsp3) is 0.160. The van der Waals surface area contributed by atoms with E-state index < -0.39 is 0 Å². The van der Waals surface area contributed by atoms with Crippen molar-refractivity contribution < 1.29 is 13.6 Å². The van der Waals surface area contributed by atoms with Gasteiger partial charge in [-0.3, -0.25) is 9.48 Å². The Balaban J connectivity index is 1.76. The Morgan fingerprint density at radius 3 is 2.50 bits per heavy atom. The minimum atomic E-state index is -0.344. The van der Waals surface area contributed by atoms with Gasteiger partial charge in [0.15, 0.2) is 0 Å². The second-order valence-electron chi connectivity index (χ2n) is 7.76. The molecule has 0 unspecified atom stereocenters. The van der Waals surface area contributed by atoms with Crippen molar-refractivity contribution in [2.24, 2.45) is 5.92 Å². The Morgan fingerprint density at radius 2 is 1.78 bits per heavy atom. The van der Waals surface area contributed by atoms with E-state index in [4.69, 9.17) is 0 Å². The molecule has 0 atom stereocenters. The SMILES string of the molecule is CC(C)C(=O)Nc1cc(-c2cn(Cc3ccccc3F)nc2-c2ccc(F)cc2)ccn1. The minimum absolute atomic E-state index is 0.136. The molecule has 0 saturated heterocycles. The first-order valence-electron chi connectivity index (χ1n) is 10.2. The summed E-state index contributed by atoms with van der Waals surface area (Å²) in [7, 11) is 0. The van der Waals surface area contributed by atoms with E-state index >= 15 is 0 Å². The van der Waals surface area contributed by atoms with Crippen molar-refractivity contribution >= 4 is 11.7 Å². The number of rotatable bonds is 6. The number of hydrogen-bond donors (Lipinski definition) is 1. The number of nitrogens with zero attached hydrogens (tertiary/aromatic N) is 3. The van der Waals surface area contributed by atoms with Gasteiger partial charge in [-0.05, 0) is 48.0 Å². The van der Waals surface area contributed by atoms with Gasteiger partial charge in [-0.15, -0.1) is 0 Å². The topological polar surface area (TPSA) is 59.8 Å². The number of aromatic nitrogens is 3. The third-order valence-electron chi connectivity index (χ3n) is 5.02. The maximum atomic E-state index is 14.2. The normalized spacial score (nSPS) is 11.0. The zero-order valence-corrected chi connectivity index (χ0v) is 17.7. The number of amides is 1. The number of hydrogen-bond acceptors (Lipinski definition) is 3. The van der Waals surface area contributed by atoms with Gasteiger partial charge in [-0.25, -0.2) is 13.8 Å². The van der Waals surface area contributed by atoms with Crippen LogP contribution in [-0.4, -0.2) is 20.7 Å². The van der Waals surface area contributed by atoms with Gasteiger partial charge in [0.1, 0.15) is 23.1 Å². The summed E-state index contributed by atoms with van der Waals surface area (Å²) in [5, 5.41) is 7.46. The molecule has 7 heteroatoms. The molecule has 0 fully saturated rings. The van der Waals surface area contributed by atoms with Gasteiger partial charge in [-0.1, -0.05) is 32.0 Å². The molecule has 2 aromatic carbocycles. The van der Waals surface area contributed by atoms with Crippen molar-refractivity contribution in [2.45, 2.75) is 20.4 Å². The van der Waals surface area contributed by atoms with Gasteiger partial charge < -0.3 is 5.32 Å². The molecule has 1 amide bonds. The molecule has 4 aromatic rings. The first-order valence-corrected chi connectivity index (χ1v) is 10.2. The summed E-state index contributed by atoms with van der Waals surface area (Å²) in [6.07, 6.45) is 3.42. The molecule has 0 radical (unpaired) electrons. The second-order valence-corrected chi connectivity index (χ2v) is 7.76. The largest absolute Gasteiger partial charge is 0.310 e. The smallest absolute Gasteiger partial charge is 0.228 e. The van der Waals surface area contributed by atoms with Crippen LogP contribution in [0, 0.1) is 17.6 Å². The molecule has 162 valence electrons. The monoisotopic (exact) mass is 432 g/mol. The molecule has 0 bridgehead atoms. The lowest BCUT2D eigenvalue weighted by Gasteiger charge is -2.08. The molecule has 0 aliphatic heterocycles. The van der Waals surface area contributed by atoms with E-state index in [1.54, 1.807) is 61.1 Å². The number of anilines is 1. The van der Waals surface area contributed by atoms with Gasteiger partial charge in [0, 0.05) is 35.0 Å². The van der Waals surface area contributed by atoms with Crippen molar-refractivity contribution in [3.05, 3.63) is 90.3 Å². The number of carbonyl (C=O) groups is 1. The molecule has 4 rings (SSSR count). The minimum Gasteiger partial charge on any atom is -0.310 e. The molecular formula is C25H22F2N4O. The van der Waals surface area contributed by atoms with Crippen molar-refractivity contribution in [2.75, 3.05) is 5.32 Å². The summed E-state index contributed by atoms with van der Waals surface area (Å²) < 4.78 is 29.3. The van der Waals surface area contributed by atoms with Crippen molar-refractivity contribution in [1.29, 1.82) is 0 Å². The maximum absolute atomic E-state index is 14.2. The number of carbonyl (C=O) groups excluding carboxylic acids is 1. The van der Waals surface area contributed by atoms with Crippen LogP contribution in [0.4, 0.5) is 14.6 Å². The molecule has 2 heterocycles. The molecular weight excluding hydrogens is 410 g/mol. The third-order valence-corrected chi connectivity index (χ3v) is 5.02. The van der Waals surface area contributed by atoms with Crippen LogP contribution >= 0.6 is 0 Å². The van der Waals surface area contributed by atoms with E-state index in [2.05, 4.69) is 15.4 Å². The Hall–Kier alpha value is -3.87. The molecule has 1 N–H and O–H groups in total. The van der Waals surface area contributed by atoms with Crippen LogP contribution in [0.15, 0.2) is 73.1 Å². The number of pyridine rings is 1. The number of halogens is 2. The fourth-order valence-electron chi connectivity index (χ4n) is 3.27. The highest BCUT2D eigenvalue weighted by Crippen LogP contribution is 2.32. The lowest BCUT2D eigenvalue weighted by molar-refractivity contribution is -0.118. The van der Waals surface area contributed by atoms with Crippen LogP contribution in [0.2, 0.25) is 0 Å². The fourth-order valence-corrected chi connectivity index (χ4v) is 3.27. The Bertz CT molecular complexity index is 1250. The van der Waals surface area contributed by atoms with E-state index in [9.17, 15) is 13.6 Å². The highest BCUT2D eigenvalue weighted by molar-refractivity contribution is 5.92. The van der Waals surface area contributed by atoms with E-state index in [0.29, 0.717) is 17.1 Å². The van der Waals surface area contributed by atoms with Crippen LogP contribution in [0.3, 0.4) is 0 Å². The van der Waals surface area contributed by atoms with Crippen LogP contribution < -0.4 is 5.32 Å². The van der Waals surface area contributed by atoms with Crippen LogP contribution in [0.1, 0.15) is 19.4 Å². The summed E-state index contributed by atoms with van der Waals surface area (Å²) in [4.78, 5) is 16.3. The lowest BCUT2D eigenvalue weighted by atomic mass is 10.0. The molecule has 0 aliphatic rings. The Kier molecular flexibility index (Phi) is 6.07. The summed E-state index contributed by atoms with van der Waals surface area (Å²) >= 11 is 0. The first kappa shape index (κ1) is 21.4. The second kappa shape index (κ2) is 9.09. The Morgan fingerprint density at radius 1 is 1.03 bits per heavy atom. The number of nitrogens with one attached hydrogen (secondary N) is 1. The summed E-state index contributed by atoms with van der Waals surface area (Å²) in [6.45, 7) is 3.85. The van der Waals surface area contributed by atoms with Crippen LogP contribution in [0.5, 0.6) is 0 Å². The molecule has 0 spiro atoms. The molecule has 32 heavy (non-hydrogen) atoms.